The molecule has 0 unspecified atom stereocenters. The maximum atomic E-state index is 12.5. The van der Waals surface area contributed by atoms with Crippen LogP contribution in [0.15, 0.2) is 23.1 Å². The summed E-state index contributed by atoms with van der Waals surface area (Å²) in [4.78, 5) is 0.442. The molecule has 0 heterocycles. The van der Waals surface area contributed by atoms with E-state index < -0.39 is 0 Å². The number of thiol groups is 1. The predicted octanol–water partition coefficient (Wildman–Crippen LogP) is 2.42. The van der Waals surface area contributed by atoms with Gasteiger partial charge in [0.25, 0.3) is 0 Å². The van der Waals surface area contributed by atoms with Crippen LogP contribution in [0.25, 0.3) is 0 Å². The number of hydrogen-bond acceptors (Lipinski definition) is 1. The second kappa shape index (κ2) is 2.40. The summed E-state index contributed by atoms with van der Waals surface area (Å²) in [6, 6.07) is 4.89. The zero-order valence-corrected chi connectivity index (χ0v) is 5.95. The molecule has 0 aliphatic carbocycles. The third-order valence-electron chi connectivity index (χ3n) is 1.19. The average Bonchev–Trinajstić information content (AvgIpc) is 1.83. The summed E-state index contributed by atoms with van der Waals surface area (Å²) in [6.07, 6.45) is 0. The van der Waals surface area contributed by atoms with E-state index in [0.717, 1.165) is 5.56 Å². The molecule has 0 aromatic heterocycles. The Hall–Kier alpha value is -0.500. The molecule has 1 aromatic rings. The fraction of sp³-hybridized carbons (Fsp3) is 0.143. The molecule has 0 saturated carbocycles. The topological polar surface area (TPSA) is 0 Å². The van der Waals surface area contributed by atoms with Crippen LogP contribution < -0.4 is 0 Å². The van der Waals surface area contributed by atoms with Crippen molar-refractivity contribution in [1.82, 2.24) is 0 Å². The number of aryl methyl sites for hydroxylation is 1. The highest BCUT2D eigenvalue weighted by molar-refractivity contribution is 7.80. The molecule has 0 aliphatic rings. The molecular formula is C7H7FS. The van der Waals surface area contributed by atoms with Crippen LogP contribution in [0, 0.1) is 12.7 Å². The molecule has 9 heavy (non-hydrogen) atoms. The second-order valence-corrected chi connectivity index (χ2v) is 2.35. The van der Waals surface area contributed by atoms with Gasteiger partial charge in [0, 0.05) is 4.90 Å². The van der Waals surface area contributed by atoms with Gasteiger partial charge >= 0.3 is 0 Å². The first kappa shape index (κ1) is 6.62. The van der Waals surface area contributed by atoms with E-state index >= 15 is 0 Å². The lowest BCUT2D eigenvalue weighted by Crippen LogP contribution is -1.79. The Bertz CT molecular complexity index is 200. The van der Waals surface area contributed by atoms with Gasteiger partial charge in [-0.25, -0.2) is 4.39 Å². The van der Waals surface area contributed by atoms with Crippen molar-refractivity contribution in [3.05, 3.63) is 29.6 Å². The maximum absolute atomic E-state index is 12.5. The van der Waals surface area contributed by atoms with Crippen LogP contribution in [-0.4, -0.2) is 0 Å². The lowest BCUT2D eigenvalue weighted by Gasteiger charge is -1.96. The minimum atomic E-state index is -0.252. The SMILES string of the molecule is Cc1cccc(F)c1S. The zero-order valence-electron chi connectivity index (χ0n) is 5.06. The zero-order chi connectivity index (χ0) is 6.85. The smallest absolute Gasteiger partial charge is 0.136 e. The van der Waals surface area contributed by atoms with Gasteiger partial charge in [-0.05, 0) is 18.6 Å². The molecule has 0 nitrogen and oxygen atoms in total. The molecule has 0 bridgehead atoms. The molecule has 0 radical (unpaired) electrons. The van der Waals surface area contributed by atoms with Crippen LogP contribution in [0.3, 0.4) is 0 Å². The second-order valence-electron chi connectivity index (χ2n) is 1.91. The van der Waals surface area contributed by atoms with Crippen LogP contribution in [0.2, 0.25) is 0 Å². The van der Waals surface area contributed by atoms with Crippen molar-refractivity contribution in [3.63, 3.8) is 0 Å². The molecule has 0 spiro atoms. The first-order chi connectivity index (χ1) is 4.22. The molecule has 0 saturated heterocycles. The molecule has 48 valence electrons. The van der Waals surface area contributed by atoms with Gasteiger partial charge in [-0.15, -0.1) is 12.6 Å². The van der Waals surface area contributed by atoms with Crippen molar-refractivity contribution in [1.29, 1.82) is 0 Å². The first-order valence-electron chi connectivity index (χ1n) is 2.66. The standard InChI is InChI=1S/C7H7FS/c1-5-3-2-4-6(8)7(5)9/h2-4,9H,1H3. The van der Waals surface area contributed by atoms with Gasteiger partial charge in [-0.3, -0.25) is 0 Å². The quantitative estimate of drug-likeness (QED) is 0.528. The van der Waals surface area contributed by atoms with Crippen molar-refractivity contribution in [2.75, 3.05) is 0 Å². The summed E-state index contributed by atoms with van der Waals surface area (Å²) in [5, 5.41) is 0. The molecule has 1 rings (SSSR count). The largest absolute Gasteiger partial charge is 0.206 e. The van der Waals surface area contributed by atoms with E-state index in [1.165, 1.54) is 6.07 Å². The van der Waals surface area contributed by atoms with Crippen LogP contribution in [0.5, 0.6) is 0 Å². The van der Waals surface area contributed by atoms with Gasteiger partial charge in [0.1, 0.15) is 5.82 Å². The molecular weight excluding hydrogens is 135 g/mol. The van der Waals surface area contributed by atoms with E-state index in [9.17, 15) is 4.39 Å². The normalized spacial score (nSPS) is 9.67. The number of benzene rings is 1. The molecule has 0 aliphatic heterocycles. The van der Waals surface area contributed by atoms with E-state index in [4.69, 9.17) is 0 Å². The van der Waals surface area contributed by atoms with Crippen molar-refractivity contribution >= 4 is 12.6 Å². The number of rotatable bonds is 0. The van der Waals surface area contributed by atoms with Crippen LogP contribution in [0.1, 0.15) is 5.56 Å². The maximum Gasteiger partial charge on any atom is 0.136 e. The monoisotopic (exact) mass is 142 g/mol. The molecule has 0 fully saturated rings. The third kappa shape index (κ3) is 1.24. The number of hydrogen-bond donors (Lipinski definition) is 1. The minimum Gasteiger partial charge on any atom is -0.206 e. The summed E-state index contributed by atoms with van der Waals surface area (Å²) < 4.78 is 12.5. The highest BCUT2D eigenvalue weighted by Crippen LogP contribution is 2.15. The van der Waals surface area contributed by atoms with Gasteiger partial charge < -0.3 is 0 Å². The molecule has 0 atom stereocenters. The lowest BCUT2D eigenvalue weighted by atomic mass is 10.2. The van der Waals surface area contributed by atoms with Gasteiger partial charge in [0.05, 0.1) is 0 Å². The molecule has 2 heteroatoms. The lowest BCUT2D eigenvalue weighted by molar-refractivity contribution is 0.600. The third-order valence-corrected chi connectivity index (χ3v) is 1.75. The molecule has 0 N–H and O–H groups in total. The van der Waals surface area contributed by atoms with E-state index in [0.29, 0.717) is 4.90 Å². The Morgan fingerprint density at radius 3 is 2.56 bits per heavy atom. The average molecular weight is 142 g/mol. The summed E-state index contributed by atoms with van der Waals surface area (Å²) in [5.74, 6) is -0.252. The Kier molecular flexibility index (Phi) is 1.76. The van der Waals surface area contributed by atoms with Crippen LogP contribution in [0.4, 0.5) is 4.39 Å². The summed E-state index contributed by atoms with van der Waals surface area (Å²) >= 11 is 3.94. The fourth-order valence-electron chi connectivity index (χ4n) is 0.623. The highest BCUT2D eigenvalue weighted by Gasteiger charge is 1.96. The van der Waals surface area contributed by atoms with Gasteiger partial charge in [0.2, 0.25) is 0 Å². The molecule has 0 amide bonds. The van der Waals surface area contributed by atoms with E-state index in [-0.39, 0.29) is 5.82 Å². The predicted molar refractivity (Wildman–Crippen MR) is 38.4 cm³/mol. The first-order valence-corrected chi connectivity index (χ1v) is 3.10. The van der Waals surface area contributed by atoms with Crippen molar-refractivity contribution in [3.8, 4) is 0 Å². The Balaban J connectivity index is 3.25. The Labute approximate surface area is 59.1 Å². The minimum absolute atomic E-state index is 0.252. The van der Waals surface area contributed by atoms with Gasteiger partial charge in [-0.1, -0.05) is 12.1 Å². The van der Waals surface area contributed by atoms with Gasteiger partial charge in [0.15, 0.2) is 0 Å². The van der Waals surface area contributed by atoms with E-state index in [1.54, 1.807) is 6.07 Å². The van der Waals surface area contributed by atoms with E-state index in [2.05, 4.69) is 12.6 Å². The Morgan fingerprint density at radius 2 is 2.11 bits per heavy atom. The number of halogens is 1. The van der Waals surface area contributed by atoms with Gasteiger partial charge in [-0.2, -0.15) is 0 Å². The Morgan fingerprint density at radius 1 is 1.44 bits per heavy atom. The fourth-order valence-corrected chi connectivity index (χ4v) is 0.772. The van der Waals surface area contributed by atoms with Crippen molar-refractivity contribution < 1.29 is 4.39 Å². The summed E-state index contributed by atoms with van der Waals surface area (Å²) in [5.41, 5.74) is 0.873. The summed E-state index contributed by atoms with van der Waals surface area (Å²) in [7, 11) is 0. The van der Waals surface area contributed by atoms with Crippen LogP contribution >= 0.6 is 12.6 Å². The summed E-state index contributed by atoms with van der Waals surface area (Å²) in [6.45, 7) is 1.82. The van der Waals surface area contributed by atoms with Crippen LogP contribution in [-0.2, 0) is 0 Å². The van der Waals surface area contributed by atoms with Crippen molar-refractivity contribution in [2.24, 2.45) is 0 Å². The van der Waals surface area contributed by atoms with E-state index in [1.807, 2.05) is 13.0 Å². The highest BCUT2D eigenvalue weighted by atomic mass is 32.1. The van der Waals surface area contributed by atoms with Crippen molar-refractivity contribution in [2.45, 2.75) is 11.8 Å². The molecule has 1 aromatic carbocycles.